The smallest absolute Gasteiger partial charge is 0.302 e. The average Bonchev–Trinajstić information content (AvgIpc) is 2.18. The van der Waals surface area contributed by atoms with E-state index in [2.05, 4.69) is 0 Å². The minimum Gasteiger partial charge on any atom is -0.302 e. The van der Waals surface area contributed by atoms with Crippen LogP contribution in [0.15, 0.2) is 24.3 Å². The zero-order chi connectivity index (χ0) is 11.4. The molecule has 0 aliphatic carbocycles. The van der Waals surface area contributed by atoms with E-state index in [0.29, 0.717) is 5.02 Å². The van der Waals surface area contributed by atoms with Crippen LogP contribution in [0.25, 0.3) is 0 Å². The summed E-state index contributed by atoms with van der Waals surface area (Å²) in [6, 6.07) is 7.02. The van der Waals surface area contributed by atoms with Crippen molar-refractivity contribution < 1.29 is 9.18 Å². The standard InChI is InChI=1S/C9H10ClFN2OS/c1-12(15-13(2)9(11)14)8-5-3-7(10)4-6-8/h3-6H,1-2H3. The largest absolute Gasteiger partial charge is 0.411 e. The van der Waals surface area contributed by atoms with Crippen LogP contribution >= 0.6 is 23.7 Å². The number of rotatable bonds is 3. The van der Waals surface area contributed by atoms with Crippen molar-refractivity contribution in [1.29, 1.82) is 0 Å². The first kappa shape index (κ1) is 12.1. The summed E-state index contributed by atoms with van der Waals surface area (Å²) in [7, 11) is 3.09. The maximum absolute atomic E-state index is 12.3. The second-order valence-corrected chi connectivity index (χ2v) is 4.50. The Kier molecular flexibility index (Phi) is 4.23. The molecule has 15 heavy (non-hydrogen) atoms. The number of carbonyl (C=O) groups is 1. The number of carbonyl (C=O) groups excluding carboxylic acids is 1. The van der Waals surface area contributed by atoms with Crippen molar-refractivity contribution in [2.45, 2.75) is 0 Å². The maximum Gasteiger partial charge on any atom is 0.411 e. The molecule has 0 atom stereocenters. The molecule has 0 N–H and O–H groups in total. The van der Waals surface area contributed by atoms with E-state index in [1.165, 1.54) is 7.05 Å². The minimum absolute atomic E-state index is 0.632. The zero-order valence-corrected chi connectivity index (χ0v) is 9.85. The Morgan fingerprint density at radius 3 is 2.33 bits per heavy atom. The van der Waals surface area contributed by atoms with Gasteiger partial charge in [0.2, 0.25) is 0 Å². The molecule has 1 rings (SSSR count). The molecular formula is C9H10ClFN2OS. The van der Waals surface area contributed by atoms with Crippen LogP contribution in [0.4, 0.5) is 14.9 Å². The Morgan fingerprint density at radius 2 is 1.87 bits per heavy atom. The second kappa shape index (κ2) is 5.23. The SMILES string of the molecule is CN(SN(C)c1ccc(Cl)cc1)C(=O)F. The maximum atomic E-state index is 12.3. The lowest BCUT2D eigenvalue weighted by molar-refractivity contribution is 0.209. The van der Waals surface area contributed by atoms with Gasteiger partial charge in [-0.05, 0) is 24.3 Å². The molecule has 82 valence electrons. The van der Waals surface area contributed by atoms with E-state index in [0.717, 1.165) is 22.1 Å². The molecule has 0 heterocycles. The van der Waals surface area contributed by atoms with Crippen molar-refractivity contribution in [2.24, 2.45) is 0 Å². The molecule has 0 fully saturated rings. The number of benzene rings is 1. The van der Waals surface area contributed by atoms with Gasteiger partial charge >= 0.3 is 6.16 Å². The molecule has 1 aromatic carbocycles. The van der Waals surface area contributed by atoms with Gasteiger partial charge < -0.3 is 4.31 Å². The third-order valence-corrected chi connectivity index (χ3v) is 2.78. The Bertz CT molecular complexity index is 346. The fourth-order valence-electron chi connectivity index (χ4n) is 0.914. The number of amides is 1. The van der Waals surface area contributed by atoms with E-state index >= 15 is 0 Å². The van der Waals surface area contributed by atoms with Crippen molar-refractivity contribution in [3.8, 4) is 0 Å². The number of hydrogen-bond donors (Lipinski definition) is 0. The lowest BCUT2D eigenvalue weighted by atomic mass is 10.3. The number of nitrogens with zero attached hydrogens (tertiary/aromatic N) is 2. The molecule has 0 aliphatic rings. The molecule has 0 unspecified atom stereocenters. The van der Waals surface area contributed by atoms with E-state index in [9.17, 15) is 9.18 Å². The highest BCUT2D eigenvalue weighted by atomic mass is 35.5. The molecule has 6 heteroatoms. The van der Waals surface area contributed by atoms with Crippen LogP contribution in [0.3, 0.4) is 0 Å². The van der Waals surface area contributed by atoms with Crippen LogP contribution in [0.1, 0.15) is 0 Å². The van der Waals surface area contributed by atoms with E-state index in [1.54, 1.807) is 35.6 Å². The lowest BCUT2D eigenvalue weighted by Gasteiger charge is -2.21. The Morgan fingerprint density at radius 1 is 1.33 bits per heavy atom. The van der Waals surface area contributed by atoms with Crippen LogP contribution in [-0.2, 0) is 0 Å². The molecule has 1 amide bonds. The summed E-state index contributed by atoms with van der Waals surface area (Å²) >= 11 is 6.69. The van der Waals surface area contributed by atoms with Crippen LogP contribution in [0.2, 0.25) is 5.02 Å². The molecule has 0 spiro atoms. The van der Waals surface area contributed by atoms with E-state index in [-0.39, 0.29) is 0 Å². The first-order valence-corrected chi connectivity index (χ1v) is 5.22. The quantitative estimate of drug-likeness (QED) is 0.466. The normalized spacial score (nSPS) is 9.87. The van der Waals surface area contributed by atoms with Crippen LogP contribution in [-0.4, -0.2) is 24.6 Å². The number of anilines is 1. The van der Waals surface area contributed by atoms with Gasteiger partial charge in [-0.1, -0.05) is 11.6 Å². The molecule has 0 saturated heterocycles. The summed E-state index contributed by atoms with van der Waals surface area (Å²) in [6.45, 7) is 0. The Balaban J connectivity index is 2.64. The highest BCUT2D eigenvalue weighted by Gasteiger charge is 2.11. The number of hydrogen-bond acceptors (Lipinski definition) is 3. The van der Waals surface area contributed by atoms with Gasteiger partial charge in [0.25, 0.3) is 0 Å². The van der Waals surface area contributed by atoms with Crippen LogP contribution in [0.5, 0.6) is 0 Å². The fourth-order valence-corrected chi connectivity index (χ4v) is 1.69. The third-order valence-electron chi connectivity index (χ3n) is 1.68. The van der Waals surface area contributed by atoms with Gasteiger partial charge in [-0.3, -0.25) is 0 Å². The van der Waals surface area contributed by atoms with Crippen molar-refractivity contribution in [2.75, 3.05) is 18.4 Å². The molecule has 0 radical (unpaired) electrons. The Labute approximate surface area is 97.1 Å². The number of halogens is 2. The summed E-state index contributed by atoms with van der Waals surface area (Å²) < 4.78 is 14.8. The summed E-state index contributed by atoms with van der Waals surface area (Å²) in [4.78, 5) is 10.4. The fraction of sp³-hybridized carbons (Fsp3) is 0.222. The summed E-state index contributed by atoms with van der Waals surface area (Å²) in [6.07, 6.45) is -1.49. The predicted octanol–water partition coefficient (Wildman–Crippen LogP) is 3.36. The van der Waals surface area contributed by atoms with Gasteiger partial charge in [0.05, 0.1) is 12.1 Å². The molecule has 0 saturated carbocycles. The van der Waals surface area contributed by atoms with Gasteiger partial charge in [-0.15, -0.1) is 4.39 Å². The second-order valence-electron chi connectivity index (χ2n) is 2.81. The summed E-state index contributed by atoms with van der Waals surface area (Å²) in [5.41, 5.74) is 0.831. The average molecular weight is 249 g/mol. The molecule has 1 aromatic rings. The highest BCUT2D eigenvalue weighted by molar-refractivity contribution is 7.98. The molecule has 0 aliphatic heterocycles. The molecule has 0 bridgehead atoms. The van der Waals surface area contributed by atoms with E-state index < -0.39 is 6.16 Å². The first-order valence-electron chi connectivity index (χ1n) is 4.11. The van der Waals surface area contributed by atoms with Gasteiger partial charge in [-0.2, -0.15) is 0 Å². The molecular weight excluding hydrogens is 239 g/mol. The third kappa shape index (κ3) is 3.60. The molecule has 0 aromatic heterocycles. The van der Waals surface area contributed by atoms with Gasteiger partial charge in [0.15, 0.2) is 0 Å². The lowest BCUT2D eigenvalue weighted by Crippen LogP contribution is -2.20. The predicted molar refractivity (Wildman–Crippen MR) is 61.7 cm³/mol. The van der Waals surface area contributed by atoms with E-state index in [4.69, 9.17) is 11.6 Å². The topological polar surface area (TPSA) is 23.6 Å². The summed E-state index contributed by atoms with van der Waals surface area (Å²) in [5.74, 6) is 0. The van der Waals surface area contributed by atoms with Gasteiger partial charge in [0.1, 0.15) is 0 Å². The van der Waals surface area contributed by atoms with E-state index in [1.807, 2.05) is 0 Å². The molecule has 3 nitrogen and oxygen atoms in total. The van der Waals surface area contributed by atoms with Crippen molar-refractivity contribution >= 4 is 35.6 Å². The van der Waals surface area contributed by atoms with Gasteiger partial charge in [0, 0.05) is 24.8 Å². The minimum atomic E-state index is -1.49. The van der Waals surface area contributed by atoms with Gasteiger partial charge in [-0.25, -0.2) is 9.10 Å². The zero-order valence-electron chi connectivity index (χ0n) is 8.28. The van der Waals surface area contributed by atoms with Crippen molar-refractivity contribution in [3.05, 3.63) is 29.3 Å². The Hall–Kier alpha value is -0.940. The van der Waals surface area contributed by atoms with Crippen molar-refractivity contribution in [3.63, 3.8) is 0 Å². The summed E-state index contributed by atoms with van der Waals surface area (Å²) in [5, 5.41) is 0.632. The van der Waals surface area contributed by atoms with Crippen LogP contribution < -0.4 is 4.31 Å². The van der Waals surface area contributed by atoms with Crippen molar-refractivity contribution in [1.82, 2.24) is 4.31 Å². The highest BCUT2D eigenvalue weighted by Crippen LogP contribution is 2.24. The van der Waals surface area contributed by atoms with Crippen LogP contribution in [0, 0.1) is 0 Å². The monoisotopic (exact) mass is 248 g/mol. The first-order chi connectivity index (χ1) is 7.00.